The number of aromatic nitrogens is 1. The number of amides is 1. The quantitative estimate of drug-likeness (QED) is 0.471. The van der Waals surface area contributed by atoms with Crippen LogP contribution in [0.2, 0.25) is 0 Å². The number of hydrogen-bond acceptors (Lipinski definition) is 6. The molecule has 3 aliphatic rings. The Morgan fingerprint density at radius 3 is 2.22 bits per heavy atom. The Hall–Kier alpha value is -2.02. The number of nitrogens with one attached hydrogen (secondary N) is 1. The van der Waals surface area contributed by atoms with Crippen LogP contribution in [0.15, 0.2) is 35.2 Å². The average molecular weight is 630 g/mol. The van der Waals surface area contributed by atoms with Gasteiger partial charge in [-0.1, -0.05) is 0 Å². The first-order valence-electron chi connectivity index (χ1n) is 12.1. The summed E-state index contributed by atoms with van der Waals surface area (Å²) in [4.78, 5) is 21.6. The molecule has 7 nitrogen and oxygen atoms in total. The Bertz CT molecular complexity index is 1280. The highest BCUT2D eigenvalue weighted by Gasteiger charge is 2.44. The van der Waals surface area contributed by atoms with E-state index in [2.05, 4.69) is 37.8 Å². The molecule has 2 saturated heterocycles. The molecule has 0 unspecified atom stereocenters. The van der Waals surface area contributed by atoms with Crippen molar-refractivity contribution in [3.8, 4) is 0 Å². The molecule has 3 fully saturated rings. The Kier molecular flexibility index (Phi) is 6.67. The first kappa shape index (κ1) is 25.6. The van der Waals surface area contributed by atoms with Gasteiger partial charge in [-0.15, -0.1) is 0 Å². The van der Waals surface area contributed by atoms with E-state index in [1.54, 1.807) is 11.0 Å². The van der Waals surface area contributed by atoms with Gasteiger partial charge in [0.05, 0.1) is 11.3 Å². The van der Waals surface area contributed by atoms with Crippen molar-refractivity contribution < 1.29 is 22.0 Å². The van der Waals surface area contributed by atoms with Crippen LogP contribution >= 0.6 is 22.6 Å². The predicted octanol–water partition coefficient (Wildman–Crippen LogP) is 4.96. The second-order valence-corrected chi connectivity index (χ2v) is 13.5. The van der Waals surface area contributed by atoms with Gasteiger partial charge >= 0.3 is 0 Å². The summed E-state index contributed by atoms with van der Waals surface area (Å²) in [5.41, 5.74) is 1.91. The van der Waals surface area contributed by atoms with Crippen LogP contribution in [0.25, 0.3) is 0 Å². The molecule has 1 aromatic heterocycles. The zero-order valence-corrected chi connectivity index (χ0v) is 23.0. The number of pyridine rings is 1. The van der Waals surface area contributed by atoms with Crippen LogP contribution in [0.1, 0.15) is 48.9 Å². The third kappa shape index (κ3) is 5.46. The maximum Gasteiger partial charge on any atom is 0.258 e. The minimum absolute atomic E-state index is 0.0162. The normalized spacial score (nSPS) is 20.9. The molecular formula is C25H29F2IN4O3S. The highest BCUT2D eigenvalue weighted by molar-refractivity contribution is 14.1. The minimum Gasteiger partial charge on any atom is -0.371 e. The molecule has 1 spiro atoms. The number of carbonyl (C=O) groups excluding carboxylic acids is 1. The van der Waals surface area contributed by atoms with Gasteiger partial charge in [-0.25, -0.2) is 22.2 Å². The number of benzene rings is 1. The van der Waals surface area contributed by atoms with Crippen molar-refractivity contribution in [2.45, 2.75) is 49.3 Å². The fourth-order valence-corrected chi connectivity index (χ4v) is 6.40. The average Bonchev–Trinajstić information content (AvgIpc) is 3.57. The van der Waals surface area contributed by atoms with Gasteiger partial charge in [-0.2, -0.15) is 0 Å². The van der Waals surface area contributed by atoms with E-state index in [9.17, 15) is 22.0 Å². The largest absolute Gasteiger partial charge is 0.371 e. The van der Waals surface area contributed by atoms with Crippen LogP contribution in [0.3, 0.4) is 0 Å². The Balaban J connectivity index is 1.40. The lowest BCUT2D eigenvalue weighted by atomic mass is 9.93. The number of alkyl halides is 2. The van der Waals surface area contributed by atoms with Gasteiger partial charge in [0.1, 0.15) is 16.5 Å². The maximum absolute atomic E-state index is 13.7. The van der Waals surface area contributed by atoms with E-state index < -0.39 is 15.8 Å². The number of piperidine rings is 2. The van der Waals surface area contributed by atoms with Crippen LogP contribution < -0.4 is 15.1 Å². The topological polar surface area (TPSA) is 82.6 Å². The van der Waals surface area contributed by atoms with Gasteiger partial charge in [0.15, 0.2) is 9.84 Å². The number of sulfone groups is 1. The number of halogens is 3. The van der Waals surface area contributed by atoms with E-state index in [-0.39, 0.29) is 48.4 Å². The van der Waals surface area contributed by atoms with Crippen molar-refractivity contribution in [1.82, 2.24) is 4.98 Å². The summed E-state index contributed by atoms with van der Waals surface area (Å²) in [6.07, 6.45) is 5.17. The molecule has 2 aliphatic heterocycles. The number of rotatable bonds is 5. The molecule has 3 heterocycles. The van der Waals surface area contributed by atoms with Gasteiger partial charge in [0, 0.05) is 48.8 Å². The van der Waals surface area contributed by atoms with Crippen molar-refractivity contribution in [3.63, 3.8) is 0 Å². The predicted molar refractivity (Wildman–Crippen MR) is 144 cm³/mol. The SMILES string of the molecule is CS(=O)(=O)c1ccc(NC(=O)c2ccc(I)cc2N2CCC3(CC2)CC3)nc1N1CCC(F)(F)CC1. The summed E-state index contributed by atoms with van der Waals surface area (Å²) in [6.45, 7) is 1.78. The summed E-state index contributed by atoms with van der Waals surface area (Å²) >= 11 is 2.24. The van der Waals surface area contributed by atoms with Gasteiger partial charge in [-0.3, -0.25) is 4.79 Å². The second-order valence-electron chi connectivity index (χ2n) is 10.2. The van der Waals surface area contributed by atoms with Crippen LogP contribution in [-0.4, -0.2) is 57.7 Å². The summed E-state index contributed by atoms with van der Waals surface area (Å²) in [5.74, 6) is -2.84. The standard InChI is InChI=1S/C25H29F2IN4O3S/c1-36(34,35)20-4-5-21(29-22(20)32-14-10-25(26,27)11-15-32)30-23(33)18-3-2-17(28)16-19(18)31-12-8-24(6-7-24)9-13-31/h2-5,16H,6-15H2,1H3,(H,29,30,33). The zero-order valence-electron chi connectivity index (χ0n) is 20.1. The molecule has 1 amide bonds. The zero-order chi connectivity index (χ0) is 25.7. The van der Waals surface area contributed by atoms with E-state index >= 15 is 0 Å². The Morgan fingerprint density at radius 2 is 1.61 bits per heavy atom. The smallest absolute Gasteiger partial charge is 0.258 e. The van der Waals surface area contributed by atoms with Gasteiger partial charge in [0.25, 0.3) is 11.8 Å². The van der Waals surface area contributed by atoms with E-state index in [4.69, 9.17) is 0 Å². The lowest BCUT2D eigenvalue weighted by Crippen LogP contribution is -2.40. The van der Waals surface area contributed by atoms with Gasteiger partial charge < -0.3 is 15.1 Å². The number of anilines is 3. The fraction of sp³-hybridized carbons (Fsp3) is 0.520. The highest BCUT2D eigenvalue weighted by atomic mass is 127. The van der Waals surface area contributed by atoms with Crippen LogP contribution in [0.5, 0.6) is 0 Å². The fourth-order valence-electron chi connectivity index (χ4n) is 5.11. The number of hydrogen-bond donors (Lipinski definition) is 1. The molecule has 36 heavy (non-hydrogen) atoms. The van der Waals surface area contributed by atoms with Crippen LogP contribution in [0, 0.1) is 8.99 Å². The molecular weight excluding hydrogens is 601 g/mol. The molecule has 0 radical (unpaired) electrons. The third-order valence-electron chi connectivity index (χ3n) is 7.60. The van der Waals surface area contributed by atoms with Crippen molar-refractivity contribution in [2.24, 2.45) is 5.41 Å². The van der Waals surface area contributed by atoms with Gasteiger partial charge in [-0.05, 0) is 84.0 Å². The molecule has 1 N–H and O–H groups in total. The highest BCUT2D eigenvalue weighted by Crippen LogP contribution is 2.54. The van der Waals surface area contributed by atoms with Crippen LogP contribution in [0.4, 0.5) is 26.1 Å². The minimum atomic E-state index is -3.65. The molecule has 1 saturated carbocycles. The van der Waals surface area contributed by atoms with Crippen molar-refractivity contribution in [3.05, 3.63) is 39.5 Å². The third-order valence-corrected chi connectivity index (χ3v) is 9.39. The Morgan fingerprint density at radius 1 is 0.972 bits per heavy atom. The van der Waals surface area contributed by atoms with E-state index in [1.807, 2.05) is 12.1 Å². The maximum atomic E-state index is 13.7. The van der Waals surface area contributed by atoms with E-state index in [1.165, 1.54) is 25.0 Å². The lowest BCUT2D eigenvalue weighted by molar-refractivity contribution is -0.0222. The summed E-state index contributed by atoms with van der Waals surface area (Å²) < 4.78 is 53.2. The number of carbonyl (C=O) groups is 1. The lowest BCUT2D eigenvalue weighted by Gasteiger charge is -2.35. The van der Waals surface area contributed by atoms with Crippen molar-refractivity contribution in [2.75, 3.05) is 47.6 Å². The monoisotopic (exact) mass is 630 g/mol. The first-order valence-corrected chi connectivity index (χ1v) is 15.1. The van der Waals surface area contributed by atoms with Crippen molar-refractivity contribution in [1.29, 1.82) is 0 Å². The van der Waals surface area contributed by atoms with E-state index in [0.717, 1.165) is 41.4 Å². The molecule has 194 valence electrons. The molecule has 2 aromatic rings. The Labute approximate surface area is 223 Å². The molecule has 1 aliphatic carbocycles. The summed E-state index contributed by atoms with van der Waals surface area (Å²) in [5, 5.41) is 2.81. The van der Waals surface area contributed by atoms with E-state index in [0.29, 0.717) is 11.0 Å². The molecule has 11 heteroatoms. The summed E-state index contributed by atoms with van der Waals surface area (Å²) in [6, 6.07) is 8.52. The van der Waals surface area contributed by atoms with Crippen molar-refractivity contribution >= 4 is 55.7 Å². The van der Waals surface area contributed by atoms with Crippen LogP contribution in [-0.2, 0) is 9.84 Å². The number of nitrogens with zero attached hydrogens (tertiary/aromatic N) is 3. The molecule has 5 rings (SSSR count). The van der Waals surface area contributed by atoms with Gasteiger partial charge in [0.2, 0.25) is 0 Å². The molecule has 0 atom stereocenters. The molecule has 1 aromatic carbocycles. The summed E-state index contributed by atoms with van der Waals surface area (Å²) in [7, 11) is -3.65. The first-order chi connectivity index (χ1) is 16.9. The second kappa shape index (κ2) is 9.38. The molecule has 0 bridgehead atoms.